The Kier molecular flexibility index (Phi) is 61.8. The number of rotatable bonds is 62. The minimum atomic E-state index is -4.95. The molecule has 0 radical (unpaired) electrons. The number of phosphoric acid groups is 2. The van der Waals surface area contributed by atoms with Crippen LogP contribution in [0.2, 0.25) is 0 Å². The Hall–Kier alpha value is -4.83. The van der Waals surface area contributed by atoms with Gasteiger partial charge in [0.25, 0.3) is 0 Å². The lowest BCUT2D eigenvalue weighted by Gasteiger charge is -2.21. The number of ether oxygens (including phenoxy) is 3. The largest absolute Gasteiger partial charge is 0.472 e. The fourth-order valence-electron chi connectivity index (χ4n) is 8.10. The molecule has 0 saturated heterocycles. The molecule has 0 aromatic heterocycles. The number of hydrogen-bond donors (Lipinski definition) is 4. The van der Waals surface area contributed by atoms with Gasteiger partial charge < -0.3 is 34.2 Å². The van der Waals surface area contributed by atoms with E-state index in [4.69, 9.17) is 32.3 Å². The van der Waals surface area contributed by atoms with Gasteiger partial charge in [0.05, 0.1) is 26.4 Å². The third kappa shape index (κ3) is 66.4. The van der Waals surface area contributed by atoms with E-state index >= 15 is 0 Å². The molecule has 0 spiro atoms. The van der Waals surface area contributed by atoms with Crippen molar-refractivity contribution in [2.75, 3.05) is 39.6 Å². The number of carbonyl (C=O) groups excluding carboxylic acids is 3. The molecule has 4 N–H and O–H groups in total. The highest BCUT2D eigenvalue weighted by atomic mass is 31.2. The van der Waals surface area contributed by atoms with Crippen molar-refractivity contribution < 1.29 is 75.8 Å². The Morgan fingerprint density at radius 1 is 0.319 bits per heavy atom. The SMILES string of the molecule is CC/C=C\C/C=C\C/C=C\C/C=C\C/C=C\C/C=C\CCCCC(=O)OCC(O)COP(=O)(O)OCC(O)COP(=O)(O)OCC(COC(=O)CCCCC/C=C\C/C=C\C/C=C\C/C=C\C/C=C\CC)OC(=O)CCCCCCC/C=C\C/C=C\CCCCC. The molecule has 18 heteroatoms. The molecule has 516 valence electrons. The van der Waals surface area contributed by atoms with Crippen LogP contribution in [0, 0.1) is 0 Å². The van der Waals surface area contributed by atoms with Crippen molar-refractivity contribution in [1.82, 2.24) is 0 Å². The summed E-state index contributed by atoms with van der Waals surface area (Å²) >= 11 is 0. The summed E-state index contributed by atoms with van der Waals surface area (Å²) in [5.41, 5.74) is 0. The Balaban J connectivity index is 4.78. The molecular formula is C73H118O16P2. The standard InChI is InChI=1S/C73H118O16P2/c1-4-7-10-13-16-19-22-25-28-30-32-33-35-37-39-41-44-47-50-53-56-59-71(76)83-62-68(74)63-85-90(79,80)86-64-69(75)65-87-91(81,82)88-67-70(89-73(78)61-58-55-52-49-46-43-38-27-24-21-18-15-12-9-6-3)66-84-72(77)60-57-54-51-48-45-42-40-36-34-31-29-26-23-20-17-14-11-8-5-2/h7-8,10-11,16-21,25-29,32-34,36-39,42,44-45,47,68-70,74-75H,4-6,9,12-15,22-24,30-31,35,40-41,43,46,48-67H2,1-3H3,(H,79,80)(H,81,82)/b10-7-,11-8-,19-16-,20-17-,21-18-,28-25-,29-26-,33-32-,36-34-,38-27-,39-37-,45-42-,47-44-. The normalized spacial score (nSPS) is 15.2. The van der Waals surface area contributed by atoms with E-state index in [1.807, 2.05) is 0 Å². The lowest BCUT2D eigenvalue weighted by Crippen LogP contribution is -2.30. The first-order valence-electron chi connectivity index (χ1n) is 33.8. The lowest BCUT2D eigenvalue weighted by atomic mass is 10.1. The first kappa shape index (κ1) is 86.2. The highest BCUT2D eigenvalue weighted by Crippen LogP contribution is 2.45. The smallest absolute Gasteiger partial charge is 0.463 e. The van der Waals surface area contributed by atoms with Crippen LogP contribution in [0.4, 0.5) is 0 Å². The van der Waals surface area contributed by atoms with Crippen molar-refractivity contribution in [1.29, 1.82) is 0 Å². The summed E-state index contributed by atoms with van der Waals surface area (Å²) in [6.07, 6.45) is 78.7. The Labute approximate surface area is 549 Å². The minimum Gasteiger partial charge on any atom is -0.463 e. The molecule has 0 rings (SSSR count). The molecule has 0 aromatic rings. The van der Waals surface area contributed by atoms with Crippen LogP contribution in [0.5, 0.6) is 0 Å². The van der Waals surface area contributed by atoms with E-state index in [0.717, 1.165) is 148 Å². The number of esters is 3. The molecule has 0 bridgehead atoms. The van der Waals surface area contributed by atoms with Crippen molar-refractivity contribution in [3.8, 4) is 0 Å². The van der Waals surface area contributed by atoms with Crippen LogP contribution in [0.25, 0.3) is 0 Å². The summed E-state index contributed by atoms with van der Waals surface area (Å²) < 4.78 is 60.8. The third-order valence-corrected chi connectivity index (χ3v) is 15.1. The van der Waals surface area contributed by atoms with Crippen LogP contribution in [0.1, 0.15) is 226 Å². The Bertz CT molecular complexity index is 2290. The number of aliphatic hydroxyl groups excluding tert-OH is 2. The van der Waals surface area contributed by atoms with Gasteiger partial charge >= 0.3 is 33.6 Å². The highest BCUT2D eigenvalue weighted by Gasteiger charge is 2.29. The average molecular weight is 1310 g/mol. The fourth-order valence-corrected chi connectivity index (χ4v) is 9.68. The molecule has 0 amide bonds. The lowest BCUT2D eigenvalue weighted by molar-refractivity contribution is -0.161. The van der Waals surface area contributed by atoms with Crippen molar-refractivity contribution >= 4 is 33.6 Å². The average Bonchev–Trinajstić information content (AvgIpc) is 3.09. The van der Waals surface area contributed by atoms with Crippen LogP contribution in [-0.4, -0.2) is 95.9 Å². The maximum atomic E-state index is 12.9. The summed E-state index contributed by atoms with van der Waals surface area (Å²) in [6, 6.07) is 0. The zero-order chi connectivity index (χ0) is 66.7. The zero-order valence-electron chi connectivity index (χ0n) is 55.7. The summed E-state index contributed by atoms with van der Waals surface area (Å²) in [7, 11) is -9.82. The van der Waals surface area contributed by atoms with Gasteiger partial charge in [0.1, 0.15) is 25.4 Å². The van der Waals surface area contributed by atoms with Gasteiger partial charge in [0.15, 0.2) is 6.10 Å². The molecule has 0 fully saturated rings. The van der Waals surface area contributed by atoms with E-state index in [2.05, 4.69) is 179 Å². The van der Waals surface area contributed by atoms with E-state index in [1.54, 1.807) is 0 Å². The van der Waals surface area contributed by atoms with Gasteiger partial charge in [-0.25, -0.2) is 9.13 Å². The van der Waals surface area contributed by atoms with Crippen molar-refractivity contribution in [2.45, 2.75) is 245 Å². The van der Waals surface area contributed by atoms with Crippen LogP contribution in [-0.2, 0) is 55.8 Å². The van der Waals surface area contributed by atoms with Gasteiger partial charge in [0, 0.05) is 19.3 Å². The molecule has 0 saturated carbocycles. The van der Waals surface area contributed by atoms with E-state index in [1.165, 1.54) is 19.3 Å². The molecule has 0 aliphatic rings. The summed E-state index contributed by atoms with van der Waals surface area (Å²) in [4.78, 5) is 58.4. The predicted molar refractivity (Wildman–Crippen MR) is 371 cm³/mol. The van der Waals surface area contributed by atoms with Crippen molar-refractivity contribution in [2.24, 2.45) is 0 Å². The molecule has 0 aliphatic heterocycles. The first-order valence-corrected chi connectivity index (χ1v) is 36.8. The van der Waals surface area contributed by atoms with Crippen molar-refractivity contribution in [3.63, 3.8) is 0 Å². The molecule has 0 heterocycles. The molecule has 0 aliphatic carbocycles. The zero-order valence-corrected chi connectivity index (χ0v) is 57.5. The molecule has 91 heavy (non-hydrogen) atoms. The monoisotopic (exact) mass is 1310 g/mol. The summed E-state index contributed by atoms with van der Waals surface area (Å²) in [6.45, 7) is 2.27. The van der Waals surface area contributed by atoms with Crippen LogP contribution >= 0.6 is 15.6 Å². The number of hydrogen-bond acceptors (Lipinski definition) is 14. The topological polar surface area (TPSA) is 231 Å². The van der Waals surface area contributed by atoms with Gasteiger partial charge in [0.2, 0.25) is 0 Å². The highest BCUT2D eigenvalue weighted by molar-refractivity contribution is 7.47. The number of phosphoric ester groups is 2. The molecule has 0 aromatic carbocycles. The number of aliphatic hydroxyl groups is 2. The van der Waals surface area contributed by atoms with Gasteiger partial charge in [-0.1, -0.05) is 217 Å². The maximum absolute atomic E-state index is 12.9. The Morgan fingerprint density at radius 2 is 0.582 bits per heavy atom. The van der Waals surface area contributed by atoms with Gasteiger partial charge in [-0.3, -0.25) is 32.5 Å². The third-order valence-electron chi connectivity index (χ3n) is 13.2. The quantitative estimate of drug-likeness (QED) is 0.0146. The number of unbranched alkanes of at least 4 members (excludes halogenated alkanes) is 13. The van der Waals surface area contributed by atoms with E-state index in [0.29, 0.717) is 19.3 Å². The summed E-state index contributed by atoms with van der Waals surface area (Å²) in [5, 5.41) is 20.5. The molecule has 5 atom stereocenters. The van der Waals surface area contributed by atoms with Crippen LogP contribution < -0.4 is 0 Å². The van der Waals surface area contributed by atoms with Crippen molar-refractivity contribution in [3.05, 3.63) is 158 Å². The second-order valence-electron chi connectivity index (χ2n) is 21.9. The van der Waals surface area contributed by atoms with E-state index in [-0.39, 0.29) is 19.3 Å². The summed E-state index contributed by atoms with van der Waals surface area (Å²) in [5.74, 6) is -1.68. The number of carbonyl (C=O) groups is 3. The van der Waals surface area contributed by atoms with Gasteiger partial charge in [-0.15, -0.1) is 0 Å². The first-order chi connectivity index (χ1) is 44.2. The number of allylic oxidation sites excluding steroid dienone is 26. The van der Waals surface area contributed by atoms with Gasteiger partial charge in [-0.2, -0.15) is 0 Å². The molecular weight excluding hydrogens is 1190 g/mol. The predicted octanol–water partition coefficient (Wildman–Crippen LogP) is 18.7. The van der Waals surface area contributed by atoms with E-state index in [9.17, 15) is 43.5 Å². The maximum Gasteiger partial charge on any atom is 0.472 e. The second-order valence-corrected chi connectivity index (χ2v) is 24.8. The van der Waals surface area contributed by atoms with Crippen LogP contribution in [0.3, 0.4) is 0 Å². The molecule has 5 unspecified atom stereocenters. The minimum absolute atomic E-state index is 0.0739. The van der Waals surface area contributed by atoms with Crippen LogP contribution in [0.15, 0.2) is 158 Å². The fraction of sp³-hybridized carbons (Fsp3) is 0.603. The van der Waals surface area contributed by atoms with Gasteiger partial charge in [-0.05, 0) is 148 Å². The van der Waals surface area contributed by atoms with E-state index < -0.39 is 91.5 Å². The molecule has 16 nitrogen and oxygen atoms in total. The Morgan fingerprint density at radius 3 is 0.956 bits per heavy atom. The second kappa shape index (κ2) is 65.2.